The molecule has 1 aromatic carbocycles. The monoisotopic (exact) mass is 309 g/mol. The van der Waals surface area contributed by atoms with Crippen LogP contribution in [0.5, 0.6) is 5.88 Å². The zero-order valence-corrected chi connectivity index (χ0v) is 12.7. The van der Waals surface area contributed by atoms with Crippen molar-refractivity contribution in [3.8, 4) is 17.1 Å². The van der Waals surface area contributed by atoms with Gasteiger partial charge in [-0.1, -0.05) is 12.1 Å². The van der Waals surface area contributed by atoms with E-state index in [-0.39, 0.29) is 11.7 Å². The number of benzene rings is 1. The van der Waals surface area contributed by atoms with Gasteiger partial charge >= 0.3 is 0 Å². The predicted octanol–water partition coefficient (Wildman–Crippen LogP) is 3.31. The van der Waals surface area contributed by atoms with Gasteiger partial charge in [-0.2, -0.15) is 0 Å². The molecule has 0 radical (unpaired) electrons. The van der Waals surface area contributed by atoms with Crippen LogP contribution >= 0.6 is 0 Å². The Morgan fingerprint density at radius 3 is 2.70 bits per heavy atom. The van der Waals surface area contributed by atoms with E-state index in [1.54, 1.807) is 18.2 Å². The van der Waals surface area contributed by atoms with Gasteiger partial charge in [0.15, 0.2) is 5.76 Å². The van der Waals surface area contributed by atoms with Gasteiger partial charge in [0.1, 0.15) is 0 Å². The molecule has 0 atom stereocenters. The molecule has 0 saturated carbocycles. The summed E-state index contributed by atoms with van der Waals surface area (Å²) in [5.41, 5.74) is 3.18. The smallest absolute Gasteiger partial charge is 0.291 e. The van der Waals surface area contributed by atoms with Crippen LogP contribution in [-0.2, 0) is 0 Å². The number of carbonyl (C=O) groups excluding carboxylic acids is 1. The summed E-state index contributed by atoms with van der Waals surface area (Å²) in [5, 5.41) is 10.9. The van der Waals surface area contributed by atoms with Crippen LogP contribution in [0.4, 0.5) is 5.69 Å². The molecule has 6 nitrogen and oxygen atoms in total. The lowest BCUT2D eigenvalue weighted by molar-refractivity contribution is 0.0996. The van der Waals surface area contributed by atoms with E-state index in [0.29, 0.717) is 17.3 Å². The largest absolute Gasteiger partial charge is 0.480 e. The molecule has 1 N–H and O–H groups in total. The van der Waals surface area contributed by atoms with Crippen LogP contribution in [0.3, 0.4) is 0 Å². The zero-order valence-electron chi connectivity index (χ0n) is 12.7. The minimum absolute atomic E-state index is 0.263. The fourth-order valence-electron chi connectivity index (χ4n) is 2.09. The van der Waals surface area contributed by atoms with Crippen molar-refractivity contribution in [1.29, 1.82) is 0 Å². The van der Waals surface area contributed by atoms with Crippen molar-refractivity contribution in [2.75, 3.05) is 12.4 Å². The number of carbonyl (C=O) groups is 1. The molecule has 3 aromatic rings. The van der Waals surface area contributed by atoms with Crippen molar-refractivity contribution < 1.29 is 13.9 Å². The molecule has 6 heteroatoms. The highest BCUT2D eigenvalue weighted by Crippen LogP contribution is 2.25. The Labute approximate surface area is 133 Å². The van der Waals surface area contributed by atoms with Gasteiger partial charge in [-0.15, -0.1) is 10.2 Å². The first-order chi connectivity index (χ1) is 11.2. The van der Waals surface area contributed by atoms with Gasteiger partial charge in [0.25, 0.3) is 5.91 Å². The second-order valence-corrected chi connectivity index (χ2v) is 4.92. The number of anilines is 1. The summed E-state index contributed by atoms with van der Waals surface area (Å²) in [5.74, 6) is 0.419. The average Bonchev–Trinajstić information content (AvgIpc) is 3.11. The number of methoxy groups -OCH3 is 1. The molecule has 0 spiro atoms. The third kappa shape index (κ3) is 3.21. The van der Waals surface area contributed by atoms with Gasteiger partial charge in [0.2, 0.25) is 5.88 Å². The topological polar surface area (TPSA) is 77.2 Å². The summed E-state index contributed by atoms with van der Waals surface area (Å²) < 4.78 is 10.1. The number of nitrogens with one attached hydrogen (secondary N) is 1. The van der Waals surface area contributed by atoms with E-state index in [0.717, 1.165) is 11.1 Å². The second-order valence-electron chi connectivity index (χ2n) is 4.92. The normalized spacial score (nSPS) is 10.3. The van der Waals surface area contributed by atoms with E-state index in [1.165, 1.54) is 13.4 Å². The number of hydrogen-bond donors (Lipinski definition) is 1. The van der Waals surface area contributed by atoms with Crippen molar-refractivity contribution in [2.24, 2.45) is 0 Å². The maximum atomic E-state index is 12.1. The number of aryl methyl sites for hydroxylation is 1. The molecule has 116 valence electrons. The first kappa shape index (κ1) is 14.8. The van der Waals surface area contributed by atoms with E-state index >= 15 is 0 Å². The Morgan fingerprint density at radius 1 is 1.17 bits per heavy atom. The van der Waals surface area contributed by atoms with Crippen LogP contribution in [-0.4, -0.2) is 23.2 Å². The predicted molar refractivity (Wildman–Crippen MR) is 85.4 cm³/mol. The molecule has 2 heterocycles. The second kappa shape index (κ2) is 6.31. The lowest BCUT2D eigenvalue weighted by Gasteiger charge is -2.09. The van der Waals surface area contributed by atoms with Crippen molar-refractivity contribution in [1.82, 2.24) is 10.2 Å². The van der Waals surface area contributed by atoms with Crippen LogP contribution < -0.4 is 10.1 Å². The molecule has 0 fully saturated rings. The Bertz CT molecular complexity index is 812. The van der Waals surface area contributed by atoms with Crippen LogP contribution in [0.15, 0.2) is 53.1 Å². The number of amides is 1. The molecule has 0 aliphatic heterocycles. The number of ether oxygens (including phenoxy) is 1. The van der Waals surface area contributed by atoms with Gasteiger partial charge in [-0.05, 0) is 36.8 Å². The SMILES string of the molecule is COc1ccc(-c2ccc(C)c(NC(=O)c3ccco3)c2)nn1. The van der Waals surface area contributed by atoms with Crippen LogP contribution in [0.25, 0.3) is 11.3 Å². The minimum Gasteiger partial charge on any atom is -0.480 e. The highest BCUT2D eigenvalue weighted by Gasteiger charge is 2.11. The van der Waals surface area contributed by atoms with Gasteiger partial charge in [-0.25, -0.2) is 0 Å². The van der Waals surface area contributed by atoms with Crippen LogP contribution in [0.2, 0.25) is 0 Å². The third-order valence-electron chi connectivity index (χ3n) is 3.38. The first-order valence-electron chi connectivity index (χ1n) is 7.01. The van der Waals surface area contributed by atoms with Crippen LogP contribution in [0, 0.1) is 6.92 Å². The standard InChI is InChI=1S/C17H15N3O3/c1-11-5-6-12(13-7-8-16(22-2)20-19-13)10-14(11)18-17(21)15-4-3-9-23-15/h3-10H,1-2H3,(H,18,21). The lowest BCUT2D eigenvalue weighted by atomic mass is 10.1. The van der Waals surface area contributed by atoms with Gasteiger partial charge in [-0.3, -0.25) is 4.79 Å². The fraction of sp³-hybridized carbons (Fsp3) is 0.118. The van der Waals surface area contributed by atoms with E-state index in [4.69, 9.17) is 9.15 Å². The van der Waals surface area contributed by atoms with Gasteiger partial charge in [0.05, 0.1) is 19.1 Å². The summed E-state index contributed by atoms with van der Waals surface area (Å²) in [4.78, 5) is 12.1. The third-order valence-corrected chi connectivity index (χ3v) is 3.38. The molecule has 0 aliphatic rings. The van der Waals surface area contributed by atoms with E-state index in [9.17, 15) is 4.79 Å². The molecule has 1 amide bonds. The van der Waals surface area contributed by atoms with Crippen molar-refractivity contribution in [3.63, 3.8) is 0 Å². The highest BCUT2D eigenvalue weighted by molar-refractivity contribution is 6.02. The molecule has 23 heavy (non-hydrogen) atoms. The Morgan fingerprint density at radius 2 is 2.04 bits per heavy atom. The maximum absolute atomic E-state index is 12.1. The van der Waals surface area contributed by atoms with Crippen molar-refractivity contribution >= 4 is 11.6 Å². The summed E-state index contributed by atoms with van der Waals surface area (Å²) >= 11 is 0. The summed E-state index contributed by atoms with van der Waals surface area (Å²) in [7, 11) is 1.54. The summed E-state index contributed by atoms with van der Waals surface area (Å²) in [6.07, 6.45) is 1.46. The molecule has 0 bridgehead atoms. The van der Waals surface area contributed by atoms with Crippen molar-refractivity contribution in [3.05, 3.63) is 60.1 Å². The summed E-state index contributed by atoms with van der Waals surface area (Å²) in [6.45, 7) is 1.92. The Hall–Kier alpha value is -3.15. The van der Waals surface area contributed by atoms with E-state index < -0.39 is 0 Å². The van der Waals surface area contributed by atoms with Crippen molar-refractivity contribution in [2.45, 2.75) is 6.92 Å². The minimum atomic E-state index is -0.295. The summed E-state index contributed by atoms with van der Waals surface area (Å²) in [6, 6.07) is 12.5. The molecule has 0 saturated heterocycles. The Kier molecular flexibility index (Phi) is 4.05. The first-order valence-corrected chi connectivity index (χ1v) is 7.01. The molecular formula is C17H15N3O3. The maximum Gasteiger partial charge on any atom is 0.291 e. The lowest BCUT2D eigenvalue weighted by Crippen LogP contribution is -2.11. The van der Waals surface area contributed by atoms with E-state index in [2.05, 4.69) is 15.5 Å². The number of aromatic nitrogens is 2. The molecule has 0 aliphatic carbocycles. The fourth-order valence-corrected chi connectivity index (χ4v) is 2.09. The number of hydrogen-bond acceptors (Lipinski definition) is 5. The molecule has 2 aromatic heterocycles. The number of rotatable bonds is 4. The van der Waals surface area contributed by atoms with Crippen LogP contribution in [0.1, 0.15) is 16.1 Å². The molecule has 0 unspecified atom stereocenters. The zero-order chi connectivity index (χ0) is 16.2. The van der Waals surface area contributed by atoms with Gasteiger partial charge in [0, 0.05) is 17.3 Å². The number of furan rings is 1. The highest BCUT2D eigenvalue weighted by atomic mass is 16.5. The molecule has 3 rings (SSSR count). The molecular weight excluding hydrogens is 294 g/mol. The average molecular weight is 309 g/mol. The number of nitrogens with zero attached hydrogens (tertiary/aromatic N) is 2. The van der Waals surface area contributed by atoms with E-state index in [1.807, 2.05) is 31.2 Å². The van der Waals surface area contributed by atoms with Gasteiger partial charge < -0.3 is 14.5 Å². The quantitative estimate of drug-likeness (QED) is 0.800. The Balaban J connectivity index is 1.87.